The third-order valence-electron chi connectivity index (χ3n) is 4.48. The number of hydrogen-bond acceptors (Lipinski definition) is 3. The molecule has 0 bridgehead atoms. The third-order valence-corrected chi connectivity index (χ3v) is 5.46. The van der Waals surface area contributed by atoms with Crippen LogP contribution in [0.1, 0.15) is 38.3 Å². The van der Waals surface area contributed by atoms with Gasteiger partial charge in [-0.25, -0.2) is 0 Å². The van der Waals surface area contributed by atoms with Crippen LogP contribution in [0, 0.1) is 5.92 Å². The highest BCUT2D eigenvalue weighted by Crippen LogP contribution is 2.36. The van der Waals surface area contributed by atoms with E-state index in [1.165, 1.54) is 36.0 Å². The third kappa shape index (κ3) is 5.07. The van der Waals surface area contributed by atoms with Crippen molar-refractivity contribution in [3.8, 4) is 0 Å². The molecule has 2 nitrogen and oxygen atoms in total. The Morgan fingerprint density at radius 2 is 1.78 bits per heavy atom. The van der Waals surface area contributed by atoms with Crippen LogP contribution in [0.15, 0.2) is 29.6 Å². The standard InChI is InChI=1S/C18H26N2S.2ClH/c1-14(2)7-8-17(20-11-9-19-10-12-20)16-13-21-18-6-4-3-5-15(16)18;;/h3-6,13-14,17,19H,7-12H2,1-2H3;2*1H/t17-;;/m1../s1. The average molecular weight is 375 g/mol. The minimum Gasteiger partial charge on any atom is -0.314 e. The van der Waals surface area contributed by atoms with Crippen molar-refractivity contribution in [3.05, 3.63) is 35.2 Å². The summed E-state index contributed by atoms with van der Waals surface area (Å²) in [6, 6.07) is 9.46. The van der Waals surface area contributed by atoms with Gasteiger partial charge in [0.2, 0.25) is 0 Å². The highest BCUT2D eigenvalue weighted by Gasteiger charge is 2.24. The monoisotopic (exact) mass is 374 g/mol. The van der Waals surface area contributed by atoms with Crippen molar-refractivity contribution >= 4 is 46.2 Å². The summed E-state index contributed by atoms with van der Waals surface area (Å²) in [5.41, 5.74) is 1.55. The van der Waals surface area contributed by atoms with Crippen molar-refractivity contribution in [1.29, 1.82) is 0 Å². The summed E-state index contributed by atoms with van der Waals surface area (Å²) in [4.78, 5) is 2.69. The van der Waals surface area contributed by atoms with Crippen molar-refractivity contribution in [1.82, 2.24) is 10.2 Å². The zero-order valence-corrected chi connectivity index (χ0v) is 16.4. The first kappa shape index (κ1) is 20.7. The smallest absolute Gasteiger partial charge is 0.0363 e. The number of thiophene rings is 1. The Kier molecular flexibility index (Phi) is 8.88. The van der Waals surface area contributed by atoms with E-state index >= 15 is 0 Å². The fourth-order valence-electron chi connectivity index (χ4n) is 3.28. The first-order valence-electron chi connectivity index (χ1n) is 8.16. The molecule has 1 aliphatic heterocycles. The van der Waals surface area contributed by atoms with E-state index in [0.717, 1.165) is 19.0 Å². The fourth-order valence-corrected chi connectivity index (χ4v) is 4.28. The van der Waals surface area contributed by atoms with Crippen LogP contribution in [0.4, 0.5) is 0 Å². The van der Waals surface area contributed by atoms with Gasteiger partial charge < -0.3 is 5.32 Å². The summed E-state index contributed by atoms with van der Waals surface area (Å²) >= 11 is 1.90. The van der Waals surface area contributed by atoms with E-state index in [-0.39, 0.29) is 24.8 Å². The topological polar surface area (TPSA) is 15.3 Å². The van der Waals surface area contributed by atoms with Crippen LogP contribution >= 0.6 is 36.2 Å². The van der Waals surface area contributed by atoms with Gasteiger partial charge >= 0.3 is 0 Å². The number of halogens is 2. The van der Waals surface area contributed by atoms with Gasteiger partial charge in [0, 0.05) is 36.9 Å². The van der Waals surface area contributed by atoms with Gasteiger partial charge in [0.15, 0.2) is 0 Å². The largest absolute Gasteiger partial charge is 0.314 e. The van der Waals surface area contributed by atoms with Crippen LogP contribution in [-0.4, -0.2) is 31.1 Å². The SMILES string of the molecule is CC(C)CC[C@H](c1csc2ccccc12)N1CCNCC1.Cl.Cl. The maximum atomic E-state index is 3.48. The molecule has 0 spiro atoms. The summed E-state index contributed by atoms with van der Waals surface area (Å²) in [5.74, 6) is 0.778. The minimum absolute atomic E-state index is 0. The first-order valence-corrected chi connectivity index (χ1v) is 9.04. The molecule has 3 rings (SSSR count). The second-order valence-corrected chi connectivity index (χ2v) is 7.37. The summed E-state index contributed by atoms with van der Waals surface area (Å²) in [6.07, 6.45) is 2.58. The van der Waals surface area contributed by atoms with Gasteiger partial charge in [-0.15, -0.1) is 36.2 Å². The molecule has 1 N–H and O–H groups in total. The highest BCUT2D eigenvalue weighted by atomic mass is 35.5. The van der Waals surface area contributed by atoms with Gasteiger partial charge in [-0.3, -0.25) is 4.90 Å². The van der Waals surface area contributed by atoms with Crippen molar-refractivity contribution in [2.24, 2.45) is 5.92 Å². The molecule has 0 saturated carbocycles. The van der Waals surface area contributed by atoms with Gasteiger partial charge in [0.25, 0.3) is 0 Å². The lowest BCUT2D eigenvalue weighted by atomic mass is 9.95. The number of rotatable bonds is 5. The molecule has 1 aromatic carbocycles. The van der Waals surface area contributed by atoms with E-state index in [2.05, 4.69) is 53.7 Å². The van der Waals surface area contributed by atoms with Gasteiger partial charge in [-0.2, -0.15) is 0 Å². The van der Waals surface area contributed by atoms with E-state index in [1.807, 2.05) is 11.3 Å². The number of nitrogens with one attached hydrogen (secondary N) is 1. The summed E-state index contributed by atoms with van der Waals surface area (Å²) in [7, 11) is 0. The van der Waals surface area contributed by atoms with E-state index in [9.17, 15) is 0 Å². The quantitative estimate of drug-likeness (QED) is 0.780. The van der Waals surface area contributed by atoms with E-state index < -0.39 is 0 Å². The zero-order valence-electron chi connectivity index (χ0n) is 14.0. The molecule has 5 heteroatoms. The lowest BCUT2D eigenvalue weighted by Gasteiger charge is -2.35. The molecule has 0 amide bonds. The molecule has 1 atom stereocenters. The lowest BCUT2D eigenvalue weighted by Crippen LogP contribution is -2.45. The summed E-state index contributed by atoms with van der Waals surface area (Å²) in [5, 5.41) is 7.35. The van der Waals surface area contributed by atoms with Crippen LogP contribution in [0.5, 0.6) is 0 Å². The van der Waals surface area contributed by atoms with Gasteiger partial charge in [0.1, 0.15) is 0 Å². The predicted octanol–water partition coefficient (Wildman–Crippen LogP) is 5.13. The predicted molar refractivity (Wildman–Crippen MR) is 108 cm³/mol. The van der Waals surface area contributed by atoms with Crippen LogP contribution < -0.4 is 5.32 Å². The Labute approximate surface area is 156 Å². The molecule has 1 saturated heterocycles. The number of hydrogen-bond donors (Lipinski definition) is 1. The second-order valence-electron chi connectivity index (χ2n) is 6.46. The number of fused-ring (bicyclic) bond motifs is 1. The number of piperazine rings is 1. The Balaban J connectivity index is 0.00000132. The average Bonchev–Trinajstić information content (AvgIpc) is 2.93. The van der Waals surface area contributed by atoms with Crippen LogP contribution in [0.25, 0.3) is 10.1 Å². The molecule has 130 valence electrons. The highest BCUT2D eigenvalue weighted by molar-refractivity contribution is 7.17. The van der Waals surface area contributed by atoms with Crippen LogP contribution in [-0.2, 0) is 0 Å². The Bertz CT molecular complexity index is 579. The molecule has 1 aliphatic rings. The molecule has 0 aliphatic carbocycles. The zero-order chi connectivity index (χ0) is 14.7. The van der Waals surface area contributed by atoms with Crippen molar-refractivity contribution in [2.45, 2.75) is 32.7 Å². The first-order chi connectivity index (χ1) is 10.3. The van der Waals surface area contributed by atoms with Crippen molar-refractivity contribution in [3.63, 3.8) is 0 Å². The van der Waals surface area contributed by atoms with Crippen molar-refractivity contribution in [2.75, 3.05) is 26.2 Å². The summed E-state index contributed by atoms with van der Waals surface area (Å²) < 4.78 is 1.43. The Morgan fingerprint density at radius 3 is 2.48 bits per heavy atom. The molecule has 2 heterocycles. The van der Waals surface area contributed by atoms with Gasteiger partial charge in [-0.05, 0) is 41.2 Å². The van der Waals surface area contributed by atoms with Gasteiger partial charge in [-0.1, -0.05) is 32.0 Å². The van der Waals surface area contributed by atoms with Crippen LogP contribution in [0.3, 0.4) is 0 Å². The maximum absolute atomic E-state index is 3.48. The fraction of sp³-hybridized carbons (Fsp3) is 0.556. The maximum Gasteiger partial charge on any atom is 0.0363 e. The van der Waals surface area contributed by atoms with E-state index in [4.69, 9.17) is 0 Å². The number of benzene rings is 1. The second kappa shape index (κ2) is 9.85. The molecule has 0 unspecified atom stereocenters. The molecule has 0 radical (unpaired) electrons. The van der Waals surface area contributed by atoms with Crippen molar-refractivity contribution < 1.29 is 0 Å². The molecule has 1 fully saturated rings. The normalized spacial score (nSPS) is 16.8. The van der Waals surface area contributed by atoms with E-state index in [0.29, 0.717) is 6.04 Å². The Morgan fingerprint density at radius 1 is 1.09 bits per heavy atom. The molecule has 1 aromatic heterocycles. The molecular formula is C18H28Cl2N2S. The van der Waals surface area contributed by atoms with E-state index in [1.54, 1.807) is 5.56 Å². The lowest BCUT2D eigenvalue weighted by molar-refractivity contribution is 0.161. The van der Waals surface area contributed by atoms with Crippen LogP contribution in [0.2, 0.25) is 0 Å². The molecule has 23 heavy (non-hydrogen) atoms. The number of nitrogens with zero attached hydrogens (tertiary/aromatic N) is 1. The molecular weight excluding hydrogens is 347 g/mol. The minimum atomic E-state index is 0. The molecule has 2 aromatic rings. The van der Waals surface area contributed by atoms with Gasteiger partial charge in [0.05, 0.1) is 0 Å². The summed E-state index contributed by atoms with van der Waals surface area (Å²) in [6.45, 7) is 9.27. The Hall–Kier alpha value is -0.320.